The zero-order valence-corrected chi connectivity index (χ0v) is 25.3. The van der Waals surface area contributed by atoms with Gasteiger partial charge in [-0.1, -0.05) is 91.0 Å². The Balaban J connectivity index is 1.81. The highest BCUT2D eigenvalue weighted by molar-refractivity contribution is 5.68. The third-order valence-corrected chi connectivity index (χ3v) is 7.17. The van der Waals surface area contributed by atoms with Gasteiger partial charge in [-0.15, -0.1) is 0 Å². The lowest BCUT2D eigenvalue weighted by atomic mass is 9.80. The molecule has 0 aromatic heterocycles. The van der Waals surface area contributed by atoms with Crippen LogP contribution in [0.2, 0.25) is 0 Å². The molecule has 6 atom stereocenters. The fourth-order valence-corrected chi connectivity index (χ4v) is 5.36. The molecule has 1 fully saturated rings. The fourth-order valence-electron chi connectivity index (χ4n) is 5.36. The van der Waals surface area contributed by atoms with Crippen LogP contribution in [-0.2, 0) is 48.4 Å². The van der Waals surface area contributed by atoms with Crippen molar-refractivity contribution in [3.05, 3.63) is 108 Å². The molecule has 3 aromatic carbocycles. The minimum atomic E-state index is -1.40. The first-order valence-electron chi connectivity index (χ1n) is 14.5. The lowest BCUT2D eigenvalue weighted by Gasteiger charge is -2.45. The molecule has 0 bridgehead atoms. The zero-order valence-electron chi connectivity index (χ0n) is 25.3. The quantitative estimate of drug-likeness (QED) is 0.165. The molecule has 4 rings (SSSR count). The van der Waals surface area contributed by atoms with E-state index in [4.69, 9.17) is 28.4 Å². The average Bonchev–Trinajstić information content (AvgIpc) is 3.03. The molecule has 1 aliphatic rings. The van der Waals surface area contributed by atoms with E-state index in [-0.39, 0.29) is 6.61 Å². The van der Waals surface area contributed by atoms with Gasteiger partial charge in [0, 0.05) is 20.8 Å². The summed E-state index contributed by atoms with van der Waals surface area (Å²) in [6.07, 6.45) is -7.86. The Bertz CT molecular complexity index is 1290. The molecule has 240 valence electrons. The second-order valence-corrected chi connectivity index (χ2v) is 10.5. The van der Waals surface area contributed by atoms with Gasteiger partial charge in [-0.3, -0.25) is 14.4 Å². The number of hydrogen-bond acceptors (Lipinski definition) is 11. The van der Waals surface area contributed by atoms with Gasteiger partial charge >= 0.3 is 17.9 Å². The maximum absolute atomic E-state index is 12.4. The van der Waals surface area contributed by atoms with E-state index in [0.29, 0.717) is 0 Å². The third kappa shape index (κ3) is 8.33. The topological polar surface area (TPSA) is 147 Å². The van der Waals surface area contributed by atoms with Crippen LogP contribution in [-0.4, -0.2) is 84.8 Å². The lowest BCUT2D eigenvalue weighted by Crippen LogP contribution is -2.63. The van der Waals surface area contributed by atoms with E-state index in [1.54, 1.807) is 0 Å². The fraction of sp³-hybridized carbons (Fsp3) is 0.382. The molecule has 1 saturated heterocycles. The molecule has 11 nitrogen and oxygen atoms in total. The first-order chi connectivity index (χ1) is 21.6. The molecular weight excluding hydrogens is 584 g/mol. The molecule has 0 spiro atoms. The summed E-state index contributed by atoms with van der Waals surface area (Å²) in [5, 5.41) is 19.3. The van der Waals surface area contributed by atoms with Gasteiger partial charge in [0.25, 0.3) is 0 Å². The van der Waals surface area contributed by atoms with E-state index >= 15 is 0 Å². The van der Waals surface area contributed by atoms with Crippen LogP contribution in [0.3, 0.4) is 0 Å². The average molecular weight is 623 g/mol. The monoisotopic (exact) mass is 622 g/mol. The molecule has 0 amide bonds. The van der Waals surface area contributed by atoms with Gasteiger partial charge in [0.1, 0.15) is 17.8 Å². The number of rotatable bonds is 13. The van der Waals surface area contributed by atoms with Crippen molar-refractivity contribution in [2.75, 3.05) is 19.8 Å². The van der Waals surface area contributed by atoms with E-state index in [9.17, 15) is 24.6 Å². The van der Waals surface area contributed by atoms with E-state index in [0.717, 1.165) is 30.5 Å². The van der Waals surface area contributed by atoms with Crippen LogP contribution in [0.1, 0.15) is 37.5 Å². The predicted octanol–water partition coefficient (Wildman–Crippen LogP) is 2.88. The van der Waals surface area contributed by atoms with Crippen LogP contribution < -0.4 is 0 Å². The van der Waals surface area contributed by atoms with Crippen LogP contribution in [0.5, 0.6) is 0 Å². The molecule has 3 aromatic rings. The Morgan fingerprint density at radius 3 is 1.56 bits per heavy atom. The van der Waals surface area contributed by atoms with Crippen LogP contribution in [0, 0.1) is 0 Å². The van der Waals surface area contributed by atoms with Gasteiger partial charge < -0.3 is 38.6 Å². The predicted molar refractivity (Wildman–Crippen MR) is 160 cm³/mol. The summed E-state index contributed by atoms with van der Waals surface area (Å²) in [6.45, 7) is 2.26. The van der Waals surface area contributed by atoms with Gasteiger partial charge in [0.15, 0.2) is 24.6 Å². The molecule has 1 heterocycles. The Morgan fingerprint density at radius 1 is 0.711 bits per heavy atom. The summed E-state index contributed by atoms with van der Waals surface area (Å²) in [6, 6.07) is 28.7. The van der Waals surface area contributed by atoms with Gasteiger partial charge in [-0.2, -0.15) is 0 Å². The largest absolute Gasteiger partial charge is 0.456 e. The zero-order chi connectivity index (χ0) is 32.4. The van der Waals surface area contributed by atoms with Crippen LogP contribution in [0.25, 0.3) is 0 Å². The number of hydrogen-bond donors (Lipinski definition) is 2. The summed E-state index contributed by atoms with van der Waals surface area (Å²) in [4.78, 5) is 36.8. The smallest absolute Gasteiger partial charge is 0.303 e. The second-order valence-electron chi connectivity index (χ2n) is 10.5. The van der Waals surface area contributed by atoms with E-state index in [2.05, 4.69) is 0 Å². The highest BCUT2D eigenvalue weighted by Crippen LogP contribution is 2.41. The Kier molecular flexibility index (Phi) is 11.8. The summed E-state index contributed by atoms with van der Waals surface area (Å²) in [5.41, 5.74) is 1.22. The standard InChI is InChI=1S/C34H38O11/c1-22(36)42-30-29(45-33(40-20-28(39)19-35)32(44-24(3)38)31(30)43-23(2)37)21-41-34(25-13-7-4-8-14-25,26-15-9-5-10-16-26)27-17-11-6-12-18-27/h4-18,28-33,35,39H,19-21H2,1-3H3/t28?,29-,30-,31+,32-,33+/m1/s1. The number of aliphatic hydroxyl groups excluding tert-OH is 2. The maximum atomic E-state index is 12.4. The van der Waals surface area contributed by atoms with Crippen molar-refractivity contribution in [1.82, 2.24) is 0 Å². The molecule has 0 radical (unpaired) electrons. The van der Waals surface area contributed by atoms with Gasteiger partial charge in [-0.25, -0.2) is 0 Å². The van der Waals surface area contributed by atoms with Crippen molar-refractivity contribution in [3.63, 3.8) is 0 Å². The summed E-state index contributed by atoms with van der Waals surface area (Å²) in [5.74, 6) is -2.19. The highest BCUT2D eigenvalue weighted by atomic mass is 16.7. The first-order valence-corrected chi connectivity index (χ1v) is 14.5. The summed E-state index contributed by atoms with van der Waals surface area (Å²) in [7, 11) is 0. The molecule has 0 aliphatic carbocycles. The van der Waals surface area contributed by atoms with Crippen molar-refractivity contribution in [2.24, 2.45) is 0 Å². The third-order valence-electron chi connectivity index (χ3n) is 7.17. The van der Waals surface area contributed by atoms with Crippen LogP contribution >= 0.6 is 0 Å². The lowest BCUT2D eigenvalue weighted by molar-refractivity contribution is -0.314. The second kappa shape index (κ2) is 15.7. The van der Waals surface area contributed by atoms with Crippen LogP contribution in [0.4, 0.5) is 0 Å². The molecule has 2 N–H and O–H groups in total. The maximum Gasteiger partial charge on any atom is 0.303 e. The molecule has 1 unspecified atom stereocenters. The van der Waals surface area contributed by atoms with Crippen molar-refractivity contribution in [3.8, 4) is 0 Å². The minimum Gasteiger partial charge on any atom is -0.456 e. The number of aliphatic hydroxyl groups is 2. The van der Waals surface area contributed by atoms with Gasteiger partial charge in [-0.05, 0) is 16.7 Å². The SMILES string of the molecule is CC(=O)O[C@@H]1[C@@H](OC(C)=O)[C@@H](OCC(O)CO)O[C@H](COC(c2ccccc2)(c2ccccc2)c2ccccc2)[C@H]1OC(C)=O. The number of benzene rings is 3. The van der Waals surface area contributed by atoms with E-state index in [1.807, 2.05) is 91.0 Å². The Hall–Kier alpha value is -4.13. The Labute approximate surface area is 261 Å². The van der Waals surface area contributed by atoms with E-state index in [1.165, 1.54) is 6.92 Å². The number of carbonyl (C=O) groups excluding carboxylic acids is 3. The number of carbonyl (C=O) groups is 3. The van der Waals surface area contributed by atoms with Gasteiger partial charge in [0.2, 0.25) is 0 Å². The molecule has 45 heavy (non-hydrogen) atoms. The normalized spacial score (nSPS) is 22.2. The summed E-state index contributed by atoms with van der Waals surface area (Å²) < 4.78 is 35.5. The molecular formula is C34H38O11. The number of ether oxygens (including phenoxy) is 6. The van der Waals surface area contributed by atoms with Crippen molar-refractivity contribution in [2.45, 2.75) is 63.2 Å². The number of esters is 3. The Morgan fingerprint density at radius 2 is 1.13 bits per heavy atom. The van der Waals surface area contributed by atoms with Gasteiger partial charge in [0.05, 0.1) is 19.8 Å². The molecule has 1 aliphatic heterocycles. The van der Waals surface area contributed by atoms with Crippen molar-refractivity contribution in [1.29, 1.82) is 0 Å². The molecule has 11 heteroatoms. The summed E-state index contributed by atoms with van der Waals surface area (Å²) >= 11 is 0. The minimum absolute atomic E-state index is 0.233. The van der Waals surface area contributed by atoms with Crippen molar-refractivity contribution >= 4 is 17.9 Å². The highest BCUT2D eigenvalue weighted by Gasteiger charge is 2.53. The van der Waals surface area contributed by atoms with E-state index < -0.39 is 73.5 Å². The van der Waals surface area contributed by atoms with Crippen LogP contribution in [0.15, 0.2) is 91.0 Å². The molecule has 0 saturated carbocycles. The first kappa shape index (κ1) is 33.8. The van der Waals surface area contributed by atoms with Crippen molar-refractivity contribution < 1.29 is 53.0 Å².